The van der Waals surface area contributed by atoms with E-state index in [-0.39, 0.29) is 30.7 Å². The molecule has 0 radical (unpaired) electrons. The summed E-state index contributed by atoms with van der Waals surface area (Å²) in [4.78, 5) is 14.9. The number of nitrogens with one attached hydrogen (secondary N) is 2. The van der Waals surface area contributed by atoms with Gasteiger partial charge in [0.1, 0.15) is 0 Å². The van der Waals surface area contributed by atoms with Crippen molar-refractivity contribution < 1.29 is 18.0 Å². The highest BCUT2D eigenvalue weighted by atomic mass is 19.4. The van der Waals surface area contributed by atoms with Crippen molar-refractivity contribution in [2.45, 2.75) is 56.4 Å². The second kappa shape index (κ2) is 8.86. The Labute approximate surface area is 194 Å². The first-order valence-electron chi connectivity index (χ1n) is 11.4. The molecular formula is C23H26F3N7O. The van der Waals surface area contributed by atoms with Crippen molar-refractivity contribution in [2.75, 3.05) is 11.9 Å². The molecule has 2 aliphatic heterocycles. The van der Waals surface area contributed by atoms with Crippen molar-refractivity contribution in [1.82, 2.24) is 30.2 Å². The fourth-order valence-electron chi connectivity index (χ4n) is 5.12. The topological polar surface area (TPSA) is 88.0 Å². The lowest BCUT2D eigenvalue weighted by molar-refractivity contribution is -0.133. The number of benzene rings is 1. The Balaban J connectivity index is 1.25. The number of hydrogen-bond donors (Lipinski definition) is 2. The summed E-state index contributed by atoms with van der Waals surface area (Å²) in [7, 11) is 1.86. The van der Waals surface area contributed by atoms with Crippen LogP contribution in [-0.4, -0.2) is 61.8 Å². The van der Waals surface area contributed by atoms with E-state index in [1.54, 1.807) is 16.9 Å². The van der Waals surface area contributed by atoms with Crippen molar-refractivity contribution in [3.63, 3.8) is 0 Å². The van der Waals surface area contributed by atoms with Crippen molar-refractivity contribution in [1.29, 1.82) is 0 Å². The standard InChI is InChI=1S/C23H26F3N7O/c1-32-13-16(12-28-32)14-2-5-20-15(8-14)9-21(31-30-20)29-22(34)33-18-3-4-19(33)11-17(10-18)27-7-6-23(24,25)26/h2,5,8-9,12-13,17-19,27H,3-4,6-7,10-11H2,1H3,(H,29,31,34)/t17?,18-,19+. The molecule has 8 nitrogen and oxygen atoms in total. The molecule has 180 valence electrons. The summed E-state index contributed by atoms with van der Waals surface area (Å²) in [5.41, 5.74) is 2.69. The molecule has 2 aromatic heterocycles. The molecule has 2 amide bonds. The monoisotopic (exact) mass is 473 g/mol. The summed E-state index contributed by atoms with van der Waals surface area (Å²) in [6.07, 6.45) is 1.73. The lowest BCUT2D eigenvalue weighted by atomic mass is 9.97. The molecule has 4 heterocycles. The molecule has 3 aromatic rings. The van der Waals surface area contributed by atoms with Crippen LogP contribution in [0.1, 0.15) is 32.1 Å². The Hall–Kier alpha value is -3.21. The van der Waals surface area contributed by atoms with Gasteiger partial charge in [-0.15, -0.1) is 10.2 Å². The number of halogens is 3. The molecule has 0 spiro atoms. The van der Waals surface area contributed by atoms with Gasteiger partial charge in [-0.2, -0.15) is 18.3 Å². The molecule has 0 saturated carbocycles. The summed E-state index contributed by atoms with van der Waals surface area (Å²) in [6.45, 7) is -0.0898. The molecule has 34 heavy (non-hydrogen) atoms. The minimum atomic E-state index is -4.16. The normalized spacial score (nSPS) is 22.4. The Bertz CT molecular complexity index is 1180. The molecule has 11 heteroatoms. The van der Waals surface area contributed by atoms with Crippen molar-refractivity contribution in [2.24, 2.45) is 7.05 Å². The third kappa shape index (κ3) is 4.84. The zero-order valence-electron chi connectivity index (χ0n) is 18.7. The highest BCUT2D eigenvalue weighted by molar-refractivity contribution is 5.92. The molecule has 0 aliphatic carbocycles. The third-order valence-electron chi connectivity index (χ3n) is 6.67. The van der Waals surface area contributed by atoms with Gasteiger partial charge in [-0.25, -0.2) is 4.79 Å². The number of urea groups is 1. The lowest BCUT2D eigenvalue weighted by Crippen LogP contribution is -2.53. The minimum absolute atomic E-state index is 0.00439. The number of aryl methyl sites for hydroxylation is 1. The summed E-state index contributed by atoms with van der Waals surface area (Å²) >= 11 is 0. The van der Waals surface area contributed by atoms with Crippen molar-refractivity contribution >= 4 is 22.8 Å². The number of amides is 2. The van der Waals surface area contributed by atoms with Crippen LogP contribution in [0.25, 0.3) is 22.0 Å². The average molecular weight is 474 g/mol. The predicted octanol–water partition coefficient (Wildman–Crippen LogP) is 4.10. The van der Waals surface area contributed by atoms with Gasteiger partial charge in [0.15, 0.2) is 5.82 Å². The van der Waals surface area contributed by atoms with Crippen molar-refractivity contribution in [3.8, 4) is 11.1 Å². The maximum Gasteiger partial charge on any atom is 0.390 e. The van der Waals surface area contributed by atoms with E-state index in [4.69, 9.17) is 0 Å². The quantitative estimate of drug-likeness (QED) is 0.583. The van der Waals surface area contributed by atoms with Crippen LogP contribution in [0.5, 0.6) is 0 Å². The zero-order valence-corrected chi connectivity index (χ0v) is 18.7. The highest BCUT2D eigenvalue weighted by Gasteiger charge is 2.43. The number of hydrogen-bond acceptors (Lipinski definition) is 5. The molecule has 2 fully saturated rings. The molecule has 2 aliphatic rings. The van der Waals surface area contributed by atoms with Crippen LogP contribution in [0.4, 0.5) is 23.8 Å². The number of nitrogens with zero attached hydrogens (tertiary/aromatic N) is 5. The van der Waals surface area contributed by atoms with Gasteiger partial charge in [-0.3, -0.25) is 10.00 Å². The molecule has 1 aromatic carbocycles. The number of carbonyl (C=O) groups is 1. The first-order chi connectivity index (χ1) is 16.2. The zero-order chi connectivity index (χ0) is 23.9. The van der Waals surface area contributed by atoms with Crippen LogP contribution < -0.4 is 10.6 Å². The number of carbonyl (C=O) groups excluding carboxylic acids is 1. The van der Waals surface area contributed by atoms with Crippen LogP contribution in [0, 0.1) is 0 Å². The SMILES string of the molecule is Cn1cc(-c2ccc3nnc(NC(=O)N4[C@@H]5CC[C@H]4CC(NCCC(F)(F)F)C5)cc3c2)cn1. The largest absolute Gasteiger partial charge is 0.390 e. The second-order valence-electron chi connectivity index (χ2n) is 9.12. The summed E-state index contributed by atoms with van der Waals surface area (Å²) < 4.78 is 39.1. The van der Waals surface area contributed by atoms with Crippen LogP contribution in [-0.2, 0) is 7.05 Å². The van der Waals surface area contributed by atoms with E-state index < -0.39 is 12.6 Å². The number of aromatic nitrogens is 4. The van der Waals surface area contributed by atoms with Gasteiger partial charge in [0.05, 0.1) is 18.1 Å². The fourth-order valence-corrected chi connectivity index (χ4v) is 5.12. The van der Waals surface area contributed by atoms with E-state index in [1.807, 2.05) is 36.3 Å². The van der Waals surface area contributed by atoms with Crippen LogP contribution in [0.15, 0.2) is 36.7 Å². The number of fused-ring (bicyclic) bond motifs is 3. The lowest BCUT2D eigenvalue weighted by Gasteiger charge is -2.39. The third-order valence-corrected chi connectivity index (χ3v) is 6.67. The molecular weight excluding hydrogens is 447 g/mol. The van der Waals surface area contributed by atoms with Gasteiger partial charge in [0.25, 0.3) is 0 Å². The predicted molar refractivity (Wildman–Crippen MR) is 121 cm³/mol. The maximum absolute atomic E-state index is 13.1. The van der Waals surface area contributed by atoms with Gasteiger partial charge in [0.2, 0.25) is 0 Å². The van der Waals surface area contributed by atoms with Crippen LogP contribution in [0.3, 0.4) is 0 Å². The van der Waals surface area contributed by atoms with E-state index in [0.29, 0.717) is 18.7 Å². The number of piperidine rings is 1. The fraction of sp³-hybridized carbons (Fsp3) is 0.478. The molecule has 2 bridgehead atoms. The summed E-state index contributed by atoms with van der Waals surface area (Å²) in [6, 6.07) is 7.39. The van der Waals surface area contributed by atoms with E-state index in [1.165, 1.54) is 0 Å². The van der Waals surface area contributed by atoms with Crippen molar-refractivity contribution in [3.05, 3.63) is 36.7 Å². The van der Waals surface area contributed by atoms with Gasteiger partial charge in [-0.1, -0.05) is 6.07 Å². The second-order valence-corrected chi connectivity index (χ2v) is 9.12. The Morgan fingerprint density at radius 2 is 1.88 bits per heavy atom. The maximum atomic E-state index is 13.1. The Kier molecular flexibility index (Phi) is 5.88. The molecule has 2 saturated heterocycles. The van der Waals surface area contributed by atoms with Gasteiger partial charge >= 0.3 is 12.2 Å². The highest BCUT2D eigenvalue weighted by Crippen LogP contribution is 2.36. The van der Waals surface area contributed by atoms with Crippen LogP contribution in [0.2, 0.25) is 0 Å². The Morgan fingerprint density at radius 1 is 1.12 bits per heavy atom. The van der Waals surface area contributed by atoms with Crippen LogP contribution >= 0.6 is 0 Å². The van der Waals surface area contributed by atoms with E-state index >= 15 is 0 Å². The van der Waals surface area contributed by atoms with Gasteiger partial charge in [-0.05, 0) is 49.4 Å². The first kappa shape index (κ1) is 22.6. The molecule has 1 unspecified atom stereocenters. The first-order valence-corrected chi connectivity index (χ1v) is 11.4. The number of rotatable bonds is 5. The number of anilines is 1. The van der Waals surface area contributed by atoms with E-state index in [9.17, 15) is 18.0 Å². The minimum Gasteiger partial charge on any atom is -0.318 e. The summed E-state index contributed by atoms with van der Waals surface area (Å²) in [5, 5.41) is 19.3. The average Bonchev–Trinajstić information content (AvgIpc) is 3.33. The number of alkyl halides is 3. The molecule has 2 N–H and O–H groups in total. The smallest absolute Gasteiger partial charge is 0.318 e. The molecule has 3 atom stereocenters. The Morgan fingerprint density at radius 3 is 2.56 bits per heavy atom. The van der Waals surface area contributed by atoms with E-state index in [2.05, 4.69) is 25.9 Å². The van der Waals surface area contributed by atoms with Gasteiger partial charge < -0.3 is 10.2 Å². The van der Waals surface area contributed by atoms with E-state index in [0.717, 1.165) is 34.9 Å². The molecule has 5 rings (SSSR count). The van der Waals surface area contributed by atoms with Gasteiger partial charge in [0, 0.05) is 48.9 Å². The summed E-state index contributed by atoms with van der Waals surface area (Å²) in [5.74, 6) is 0.366.